The van der Waals surface area contributed by atoms with Gasteiger partial charge in [0.15, 0.2) is 0 Å². The molecule has 4 aromatic rings. The molecular formula is C19H16BrN5. The van der Waals surface area contributed by atoms with Crippen LogP contribution in [0.3, 0.4) is 0 Å². The summed E-state index contributed by atoms with van der Waals surface area (Å²) in [6.45, 7) is 1.45. The number of nitrogens with zero attached hydrogens (tertiary/aromatic N) is 4. The monoisotopic (exact) mass is 393 g/mol. The lowest BCUT2D eigenvalue weighted by molar-refractivity contribution is 0.676. The van der Waals surface area contributed by atoms with Crippen molar-refractivity contribution in [1.82, 2.24) is 25.3 Å². The first-order valence-corrected chi connectivity index (χ1v) is 8.79. The number of pyridine rings is 1. The highest BCUT2D eigenvalue weighted by Gasteiger charge is 2.04. The minimum atomic E-state index is 0.664. The molecule has 0 aliphatic rings. The number of benzene rings is 2. The Morgan fingerprint density at radius 2 is 1.84 bits per heavy atom. The predicted octanol–water partition coefficient (Wildman–Crippen LogP) is 3.87. The molecule has 0 aliphatic heterocycles. The van der Waals surface area contributed by atoms with Crippen LogP contribution in [0.1, 0.15) is 11.3 Å². The van der Waals surface area contributed by atoms with Crippen LogP contribution in [0.2, 0.25) is 0 Å². The number of hydrogen-bond donors (Lipinski definition) is 1. The molecule has 0 aliphatic carbocycles. The third kappa shape index (κ3) is 3.75. The zero-order chi connectivity index (χ0) is 17.1. The van der Waals surface area contributed by atoms with Gasteiger partial charge >= 0.3 is 0 Å². The average molecular weight is 394 g/mol. The number of rotatable bonds is 5. The molecule has 2 aromatic heterocycles. The van der Waals surface area contributed by atoms with Crippen LogP contribution in [-0.2, 0) is 13.1 Å². The molecule has 6 heteroatoms. The zero-order valence-corrected chi connectivity index (χ0v) is 15.0. The van der Waals surface area contributed by atoms with Gasteiger partial charge in [0.2, 0.25) is 0 Å². The van der Waals surface area contributed by atoms with E-state index in [2.05, 4.69) is 54.7 Å². The van der Waals surface area contributed by atoms with E-state index in [0.717, 1.165) is 33.3 Å². The molecule has 2 heterocycles. The molecule has 0 radical (unpaired) electrons. The Hall–Kier alpha value is -2.57. The van der Waals surface area contributed by atoms with Gasteiger partial charge in [0, 0.05) is 22.9 Å². The van der Waals surface area contributed by atoms with Crippen LogP contribution >= 0.6 is 15.9 Å². The van der Waals surface area contributed by atoms with Crippen LogP contribution in [0.25, 0.3) is 16.6 Å². The maximum absolute atomic E-state index is 4.47. The Bertz CT molecular complexity index is 994. The second kappa shape index (κ2) is 7.13. The van der Waals surface area contributed by atoms with Gasteiger partial charge < -0.3 is 5.32 Å². The van der Waals surface area contributed by atoms with Gasteiger partial charge in [-0.3, -0.25) is 4.98 Å². The van der Waals surface area contributed by atoms with Gasteiger partial charge in [0.25, 0.3) is 0 Å². The van der Waals surface area contributed by atoms with E-state index in [1.165, 1.54) is 5.56 Å². The zero-order valence-electron chi connectivity index (χ0n) is 13.4. The standard InChI is InChI=1S/C19H16BrN5/c20-16-7-5-14(6-8-16)10-21-11-17-13-25(24-23-17)18-9-15-3-1-2-4-19(15)22-12-18/h1-9,12-13,21H,10-11H2. The third-order valence-electron chi connectivity index (χ3n) is 3.93. The first-order valence-electron chi connectivity index (χ1n) is 7.99. The molecule has 124 valence electrons. The van der Waals surface area contributed by atoms with Gasteiger partial charge in [-0.05, 0) is 29.8 Å². The Balaban J connectivity index is 1.43. The van der Waals surface area contributed by atoms with Gasteiger partial charge in [0.1, 0.15) is 0 Å². The van der Waals surface area contributed by atoms with E-state index < -0.39 is 0 Å². The van der Waals surface area contributed by atoms with Crippen LogP contribution in [0, 0.1) is 0 Å². The van der Waals surface area contributed by atoms with Gasteiger partial charge in [-0.1, -0.05) is 51.5 Å². The van der Waals surface area contributed by atoms with Crippen molar-refractivity contribution in [3.05, 3.63) is 82.7 Å². The van der Waals surface area contributed by atoms with E-state index in [4.69, 9.17) is 0 Å². The van der Waals surface area contributed by atoms with Crippen LogP contribution < -0.4 is 5.32 Å². The topological polar surface area (TPSA) is 55.6 Å². The summed E-state index contributed by atoms with van der Waals surface area (Å²) in [5, 5.41) is 12.9. The quantitative estimate of drug-likeness (QED) is 0.559. The largest absolute Gasteiger partial charge is 0.307 e. The van der Waals surface area contributed by atoms with Crippen molar-refractivity contribution < 1.29 is 0 Å². The van der Waals surface area contributed by atoms with E-state index in [1.54, 1.807) is 4.68 Å². The maximum Gasteiger partial charge on any atom is 0.0969 e. The summed E-state index contributed by atoms with van der Waals surface area (Å²) in [5.74, 6) is 0. The molecule has 4 rings (SSSR count). The molecule has 0 atom stereocenters. The first kappa shape index (κ1) is 15.9. The van der Waals surface area contributed by atoms with Crippen LogP contribution in [-0.4, -0.2) is 20.0 Å². The van der Waals surface area contributed by atoms with E-state index in [9.17, 15) is 0 Å². The SMILES string of the molecule is Brc1ccc(CNCc2cn(-c3cnc4ccccc4c3)nn2)cc1. The Morgan fingerprint density at radius 1 is 1.00 bits per heavy atom. The predicted molar refractivity (Wildman–Crippen MR) is 101 cm³/mol. The van der Waals surface area contributed by atoms with E-state index in [1.807, 2.05) is 48.8 Å². The summed E-state index contributed by atoms with van der Waals surface area (Å²) >= 11 is 3.44. The number of hydrogen-bond acceptors (Lipinski definition) is 4. The van der Waals surface area contributed by atoms with Crippen molar-refractivity contribution >= 4 is 26.8 Å². The Morgan fingerprint density at radius 3 is 2.72 bits per heavy atom. The molecule has 25 heavy (non-hydrogen) atoms. The average Bonchev–Trinajstić information content (AvgIpc) is 3.12. The lowest BCUT2D eigenvalue weighted by atomic mass is 10.2. The molecular weight excluding hydrogens is 378 g/mol. The van der Waals surface area contributed by atoms with Crippen molar-refractivity contribution in [3.63, 3.8) is 0 Å². The first-order chi connectivity index (χ1) is 12.3. The number of para-hydroxylation sites is 1. The maximum atomic E-state index is 4.47. The summed E-state index contributed by atoms with van der Waals surface area (Å²) in [4.78, 5) is 4.47. The Kier molecular flexibility index (Phi) is 4.54. The molecule has 1 N–H and O–H groups in total. The van der Waals surface area contributed by atoms with Crippen molar-refractivity contribution in [3.8, 4) is 5.69 Å². The van der Waals surface area contributed by atoms with Crippen LogP contribution in [0.5, 0.6) is 0 Å². The van der Waals surface area contributed by atoms with Crippen molar-refractivity contribution in [2.24, 2.45) is 0 Å². The van der Waals surface area contributed by atoms with Crippen LogP contribution in [0.4, 0.5) is 0 Å². The molecule has 0 saturated heterocycles. The third-order valence-corrected chi connectivity index (χ3v) is 4.46. The molecule has 0 saturated carbocycles. The molecule has 0 spiro atoms. The number of nitrogens with one attached hydrogen (secondary N) is 1. The van der Waals surface area contributed by atoms with E-state index in [0.29, 0.717) is 6.54 Å². The smallest absolute Gasteiger partial charge is 0.0969 e. The summed E-state index contributed by atoms with van der Waals surface area (Å²) in [5.41, 5.74) is 4.01. The second-order valence-electron chi connectivity index (χ2n) is 5.77. The molecule has 0 fully saturated rings. The second-order valence-corrected chi connectivity index (χ2v) is 6.69. The molecule has 2 aromatic carbocycles. The van der Waals surface area contributed by atoms with Gasteiger partial charge in [0.05, 0.1) is 29.3 Å². The highest BCUT2D eigenvalue weighted by molar-refractivity contribution is 9.10. The molecule has 5 nitrogen and oxygen atoms in total. The lowest BCUT2D eigenvalue weighted by Gasteiger charge is -2.03. The van der Waals surface area contributed by atoms with Gasteiger partial charge in [-0.15, -0.1) is 5.10 Å². The summed E-state index contributed by atoms with van der Waals surface area (Å²) in [6, 6.07) is 18.4. The minimum Gasteiger partial charge on any atom is -0.307 e. The molecule has 0 amide bonds. The highest BCUT2D eigenvalue weighted by Crippen LogP contribution is 2.15. The van der Waals surface area contributed by atoms with Crippen molar-refractivity contribution in [1.29, 1.82) is 0 Å². The summed E-state index contributed by atoms with van der Waals surface area (Å²) in [6.07, 6.45) is 3.75. The lowest BCUT2D eigenvalue weighted by Crippen LogP contribution is -2.12. The number of aromatic nitrogens is 4. The Labute approximate surface area is 153 Å². The van der Waals surface area contributed by atoms with E-state index >= 15 is 0 Å². The number of halogens is 1. The summed E-state index contributed by atoms with van der Waals surface area (Å²) < 4.78 is 2.85. The molecule has 0 unspecified atom stereocenters. The van der Waals surface area contributed by atoms with Crippen LogP contribution in [0.15, 0.2) is 71.5 Å². The van der Waals surface area contributed by atoms with Crippen molar-refractivity contribution in [2.45, 2.75) is 13.1 Å². The fourth-order valence-electron chi connectivity index (χ4n) is 2.63. The normalized spacial score (nSPS) is 11.1. The molecule has 0 bridgehead atoms. The highest BCUT2D eigenvalue weighted by atomic mass is 79.9. The van der Waals surface area contributed by atoms with Gasteiger partial charge in [-0.25, -0.2) is 4.68 Å². The fourth-order valence-corrected chi connectivity index (χ4v) is 2.89. The fraction of sp³-hybridized carbons (Fsp3) is 0.105. The van der Waals surface area contributed by atoms with E-state index in [-0.39, 0.29) is 0 Å². The van der Waals surface area contributed by atoms with Crippen molar-refractivity contribution in [2.75, 3.05) is 0 Å². The number of fused-ring (bicyclic) bond motifs is 1. The minimum absolute atomic E-state index is 0.664. The summed E-state index contributed by atoms with van der Waals surface area (Å²) in [7, 11) is 0. The van der Waals surface area contributed by atoms with Gasteiger partial charge in [-0.2, -0.15) is 0 Å².